The van der Waals surface area contributed by atoms with Gasteiger partial charge in [-0.1, -0.05) is 42.6 Å². The summed E-state index contributed by atoms with van der Waals surface area (Å²) in [6, 6.07) is 6.53. The third-order valence-electron chi connectivity index (χ3n) is 6.41. The molecule has 0 aliphatic carbocycles. The molecular weight excluding hydrogens is 501 g/mol. The number of unbranched alkanes of at least 4 members (excludes halogenated alkanes) is 4. The normalized spacial score (nSPS) is 15.9. The number of methoxy groups -OCH3 is 1. The first-order valence-electron chi connectivity index (χ1n) is 12.6. The number of hydrogen-bond donors (Lipinski definition) is 1. The molecule has 1 aromatic heterocycles. The molecule has 0 bridgehead atoms. The summed E-state index contributed by atoms with van der Waals surface area (Å²) >= 11 is 0. The Morgan fingerprint density at radius 1 is 0.974 bits per heavy atom. The van der Waals surface area contributed by atoms with Crippen LogP contribution in [0.25, 0.3) is 0 Å². The lowest BCUT2D eigenvalue weighted by Gasteiger charge is -2.30. The SMILES string of the molecule is COC(=O)C1=C(C)NC(C)=C(C(=O)OCCCCCCCc2cc(C)no2)C1c1cccc(C(F)(F)F)c1. The summed E-state index contributed by atoms with van der Waals surface area (Å²) < 4.78 is 56.0. The molecule has 3 rings (SSSR count). The zero-order valence-electron chi connectivity index (χ0n) is 22.0. The van der Waals surface area contributed by atoms with Crippen LogP contribution in [0.4, 0.5) is 13.2 Å². The fraction of sp³-hybridized carbons (Fsp3) is 0.464. The molecule has 1 unspecified atom stereocenters. The lowest BCUT2D eigenvalue weighted by molar-refractivity contribution is -0.139. The van der Waals surface area contributed by atoms with Crippen LogP contribution in [0, 0.1) is 6.92 Å². The Balaban J connectivity index is 1.66. The molecule has 7 nitrogen and oxygen atoms in total. The van der Waals surface area contributed by atoms with E-state index in [1.54, 1.807) is 13.8 Å². The molecule has 1 aliphatic heterocycles. The van der Waals surface area contributed by atoms with E-state index in [-0.39, 0.29) is 23.3 Å². The molecule has 206 valence electrons. The standard InChI is InChI=1S/C28H33F3N2O5/c1-17-15-22(38-33-17)13-8-6-5-7-9-14-37-27(35)24-19(3)32-18(2)23(26(34)36-4)25(24)20-11-10-12-21(16-20)28(29,30)31/h10-12,15-16,25,32H,5-9,13-14H2,1-4H3. The van der Waals surface area contributed by atoms with Crippen molar-refractivity contribution in [2.45, 2.75) is 71.4 Å². The predicted molar refractivity (Wildman–Crippen MR) is 134 cm³/mol. The second kappa shape index (κ2) is 12.8. The summed E-state index contributed by atoms with van der Waals surface area (Å²) in [6.45, 7) is 5.28. The first-order valence-corrected chi connectivity index (χ1v) is 12.6. The van der Waals surface area contributed by atoms with Gasteiger partial charge in [0.2, 0.25) is 0 Å². The smallest absolute Gasteiger partial charge is 0.416 e. The lowest BCUT2D eigenvalue weighted by atomic mass is 9.80. The van der Waals surface area contributed by atoms with E-state index >= 15 is 0 Å². The molecule has 0 amide bonds. The number of alkyl halides is 3. The molecule has 38 heavy (non-hydrogen) atoms. The van der Waals surface area contributed by atoms with Gasteiger partial charge in [0, 0.05) is 23.9 Å². The van der Waals surface area contributed by atoms with Gasteiger partial charge < -0.3 is 19.3 Å². The third-order valence-corrected chi connectivity index (χ3v) is 6.41. The number of rotatable bonds is 11. The molecule has 1 aliphatic rings. The molecule has 1 N–H and O–H groups in total. The van der Waals surface area contributed by atoms with Crippen LogP contribution in [0.2, 0.25) is 0 Å². The van der Waals surface area contributed by atoms with Gasteiger partial charge in [0.15, 0.2) is 0 Å². The highest BCUT2D eigenvalue weighted by Crippen LogP contribution is 2.41. The highest BCUT2D eigenvalue weighted by atomic mass is 19.4. The molecule has 1 atom stereocenters. The molecule has 0 saturated heterocycles. The van der Waals surface area contributed by atoms with Crippen LogP contribution in [0.3, 0.4) is 0 Å². The maximum Gasteiger partial charge on any atom is 0.416 e. The van der Waals surface area contributed by atoms with Gasteiger partial charge in [-0.05, 0) is 45.2 Å². The van der Waals surface area contributed by atoms with E-state index < -0.39 is 29.6 Å². The summed E-state index contributed by atoms with van der Waals surface area (Å²) in [7, 11) is 1.18. The minimum Gasteiger partial charge on any atom is -0.466 e. The van der Waals surface area contributed by atoms with Gasteiger partial charge in [-0.3, -0.25) is 0 Å². The minimum atomic E-state index is -4.58. The molecule has 0 spiro atoms. The van der Waals surface area contributed by atoms with Gasteiger partial charge in [-0.2, -0.15) is 13.2 Å². The maximum atomic E-state index is 13.4. The number of aromatic nitrogens is 1. The summed E-state index contributed by atoms with van der Waals surface area (Å²) in [5, 5.41) is 6.85. The van der Waals surface area contributed by atoms with Crippen molar-refractivity contribution in [1.29, 1.82) is 0 Å². The van der Waals surface area contributed by atoms with Crippen molar-refractivity contribution in [2.75, 3.05) is 13.7 Å². The van der Waals surface area contributed by atoms with Crippen molar-refractivity contribution < 1.29 is 36.8 Å². The van der Waals surface area contributed by atoms with Crippen LogP contribution in [-0.2, 0) is 31.7 Å². The number of halogens is 3. The van der Waals surface area contributed by atoms with Gasteiger partial charge in [0.1, 0.15) is 5.76 Å². The number of carbonyl (C=O) groups is 2. The molecular formula is C28H33F3N2O5. The maximum absolute atomic E-state index is 13.4. The topological polar surface area (TPSA) is 90.7 Å². The van der Waals surface area contributed by atoms with Crippen LogP contribution >= 0.6 is 0 Å². The number of hydrogen-bond acceptors (Lipinski definition) is 7. The van der Waals surface area contributed by atoms with E-state index in [0.29, 0.717) is 17.8 Å². The number of dihydropyridines is 1. The second-order valence-electron chi connectivity index (χ2n) is 9.34. The van der Waals surface area contributed by atoms with Crippen LogP contribution in [0.1, 0.15) is 74.5 Å². The van der Waals surface area contributed by atoms with Crippen molar-refractivity contribution in [3.05, 3.63) is 75.5 Å². The number of benzene rings is 1. The Morgan fingerprint density at radius 2 is 1.63 bits per heavy atom. The van der Waals surface area contributed by atoms with E-state index in [0.717, 1.165) is 55.7 Å². The number of carbonyl (C=O) groups excluding carboxylic acids is 2. The van der Waals surface area contributed by atoms with Crippen molar-refractivity contribution >= 4 is 11.9 Å². The Kier molecular flexibility index (Phi) is 9.77. The first-order chi connectivity index (χ1) is 18.0. The average molecular weight is 535 g/mol. The molecule has 1 aromatic carbocycles. The zero-order chi connectivity index (χ0) is 27.9. The second-order valence-corrected chi connectivity index (χ2v) is 9.34. The van der Waals surface area contributed by atoms with Crippen LogP contribution < -0.4 is 5.32 Å². The number of allylic oxidation sites excluding steroid dienone is 2. The molecule has 10 heteroatoms. The Bertz CT molecular complexity index is 1210. The Hall–Kier alpha value is -3.56. The third kappa shape index (κ3) is 7.26. The average Bonchev–Trinajstić information content (AvgIpc) is 3.29. The minimum absolute atomic E-state index is 0.0614. The number of nitrogens with one attached hydrogen (secondary N) is 1. The van der Waals surface area contributed by atoms with Crippen molar-refractivity contribution in [3.8, 4) is 0 Å². The summed E-state index contributed by atoms with van der Waals surface area (Å²) in [6.07, 6.45) is 0.638. The van der Waals surface area contributed by atoms with Gasteiger partial charge in [0.25, 0.3) is 0 Å². The fourth-order valence-electron chi connectivity index (χ4n) is 4.58. The van der Waals surface area contributed by atoms with E-state index in [4.69, 9.17) is 14.0 Å². The van der Waals surface area contributed by atoms with E-state index in [1.165, 1.54) is 19.2 Å². The molecule has 2 aromatic rings. The quantitative estimate of drug-likeness (QED) is 0.273. The highest BCUT2D eigenvalue weighted by molar-refractivity contribution is 5.99. The number of ether oxygens (including phenoxy) is 2. The Morgan fingerprint density at radius 3 is 2.26 bits per heavy atom. The highest BCUT2D eigenvalue weighted by Gasteiger charge is 2.39. The van der Waals surface area contributed by atoms with Crippen LogP contribution in [0.15, 0.2) is 57.4 Å². The molecule has 0 fully saturated rings. The summed E-state index contributed by atoms with van der Waals surface area (Å²) in [5.41, 5.74) is 1.08. The Labute approximate surface area is 220 Å². The summed E-state index contributed by atoms with van der Waals surface area (Å²) in [5.74, 6) is -1.63. The molecule has 2 heterocycles. The number of esters is 2. The first kappa shape index (κ1) is 29.0. The molecule has 0 radical (unpaired) electrons. The van der Waals surface area contributed by atoms with Gasteiger partial charge in [0.05, 0.1) is 42.0 Å². The zero-order valence-corrected chi connectivity index (χ0v) is 22.0. The number of nitrogens with zero attached hydrogens (tertiary/aromatic N) is 1. The molecule has 0 saturated carbocycles. The van der Waals surface area contributed by atoms with Crippen molar-refractivity contribution in [1.82, 2.24) is 10.5 Å². The van der Waals surface area contributed by atoms with E-state index in [1.807, 2.05) is 13.0 Å². The van der Waals surface area contributed by atoms with E-state index in [2.05, 4.69) is 10.5 Å². The largest absolute Gasteiger partial charge is 0.466 e. The van der Waals surface area contributed by atoms with Gasteiger partial charge in [-0.15, -0.1) is 0 Å². The summed E-state index contributed by atoms with van der Waals surface area (Å²) in [4.78, 5) is 25.9. The number of aryl methyl sites for hydroxylation is 2. The van der Waals surface area contributed by atoms with E-state index in [9.17, 15) is 22.8 Å². The van der Waals surface area contributed by atoms with Crippen molar-refractivity contribution in [2.24, 2.45) is 0 Å². The predicted octanol–water partition coefficient (Wildman–Crippen LogP) is 6.15. The van der Waals surface area contributed by atoms with Gasteiger partial charge >= 0.3 is 18.1 Å². The fourth-order valence-corrected chi connectivity index (χ4v) is 4.58. The monoisotopic (exact) mass is 534 g/mol. The van der Waals surface area contributed by atoms with Crippen LogP contribution in [-0.4, -0.2) is 30.8 Å². The van der Waals surface area contributed by atoms with Crippen molar-refractivity contribution in [3.63, 3.8) is 0 Å². The lowest BCUT2D eigenvalue weighted by Crippen LogP contribution is -2.32. The van der Waals surface area contributed by atoms with Gasteiger partial charge in [-0.25, -0.2) is 9.59 Å². The van der Waals surface area contributed by atoms with Crippen LogP contribution in [0.5, 0.6) is 0 Å².